The first-order valence-corrected chi connectivity index (χ1v) is 5.41. The Morgan fingerprint density at radius 1 is 1.12 bits per heavy atom. The summed E-state index contributed by atoms with van der Waals surface area (Å²) >= 11 is 0. The molecule has 1 aromatic carbocycles. The fourth-order valence-corrected chi connectivity index (χ4v) is 1.31. The maximum absolute atomic E-state index is 11.9. The number of amides is 1. The highest BCUT2D eigenvalue weighted by atomic mass is 32.2. The van der Waals surface area contributed by atoms with Gasteiger partial charge in [0.25, 0.3) is 5.91 Å². The third kappa shape index (κ3) is 2.72. The molecule has 0 atom stereocenters. The number of carbonyl (C=O) groups is 1. The van der Waals surface area contributed by atoms with Crippen molar-refractivity contribution in [2.75, 3.05) is 0 Å². The molecule has 0 aliphatic rings. The van der Waals surface area contributed by atoms with Crippen molar-refractivity contribution in [3.63, 3.8) is 0 Å². The molecule has 1 aromatic rings. The van der Waals surface area contributed by atoms with Gasteiger partial charge in [0.1, 0.15) is 0 Å². The van der Waals surface area contributed by atoms with Crippen LogP contribution in [0, 0.1) is 0 Å². The molecule has 0 saturated heterocycles. The molecule has 4 nitrogen and oxygen atoms in total. The normalized spacial score (nSPS) is 12.2. The van der Waals surface area contributed by atoms with Gasteiger partial charge in [-0.3, -0.25) is 4.79 Å². The van der Waals surface area contributed by atoms with Crippen molar-refractivity contribution in [3.8, 4) is 0 Å². The number of nitrogens with one attached hydrogen (secondary N) is 1. The summed E-state index contributed by atoms with van der Waals surface area (Å²) in [5, 5.41) is 0. The molecule has 88 valence electrons. The average molecular weight is 253 g/mol. The minimum absolute atomic E-state index is 0.171. The Bertz CT molecular complexity index is 481. The zero-order valence-electron chi connectivity index (χ0n) is 7.65. The molecule has 0 fully saturated rings. The molecule has 0 aliphatic heterocycles. The zero-order valence-corrected chi connectivity index (χ0v) is 8.47. The van der Waals surface area contributed by atoms with E-state index in [-0.39, 0.29) is 5.56 Å². The van der Waals surface area contributed by atoms with E-state index in [1.54, 1.807) is 0 Å². The second kappa shape index (κ2) is 4.12. The van der Waals surface area contributed by atoms with Crippen LogP contribution in [0.25, 0.3) is 0 Å². The Balaban J connectivity index is 2.89. The van der Waals surface area contributed by atoms with Gasteiger partial charge in [0.2, 0.25) is 0 Å². The second-order valence-electron chi connectivity index (χ2n) is 2.75. The van der Waals surface area contributed by atoms with Gasteiger partial charge in [0.15, 0.2) is 0 Å². The summed E-state index contributed by atoms with van der Waals surface area (Å²) in [6.45, 7) is 0. The van der Waals surface area contributed by atoms with Gasteiger partial charge in [-0.1, -0.05) is 18.2 Å². The smallest absolute Gasteiger partial charge is 0.268 e. The van der Waals surface area contributed by atoms with Gasteiger partial charge in [-0.25, -0.2) is 4.72 Å². The van der Waals surface area contributed by atoms with Gasteiger partial charge in [-0.15, -0.1) is 0 Å². The monoisotopic (exact) mass is 253 g/mol. The largest absolute Gasteiger partial charge is 0.516 e. The fourth-order valence-electron chi connectivity index (χ4n) is 0.828. The van der Waals surface area contributed by atoms with Crippen LogP contribution in [0.5, 0.6) is 0 Å². The van der Waals surface area contributed by atoms with Gasteiger partial charge >= 0.3 is 15.5 Å². The number of benzene rings is 1. The van der Waals surface area contributed by atoms with E-state index in [0.717, 1.165) is 4.72 Å². The molecular weight excluding hydrogens is 247 g/mol. The maximum atomic E-state index is 11.9. The number of hydrogen-bond donors (Lipinski definition) is 1. The minimum Gasteiger partial charge on any atom is -0.268 e. The average Bonchev–Trinajstić information content (AvgIpc) is 2.16. The van der Waals surface area contributed by atoms with Crippen LogP contribution >= 0.6 is 0 Å². The molecule has 0 unspecified atom stereocenters. The van der Waals surface area contributed by atoms with Crippen LogP contribution in [-0.4, -0.2) is 19.8 Å². The molecule has 16 heavy (non-hydrogen) atoms. The summed E-state index contributed by atoms with van der Waals surface area (Å²) in [4.78, 5) is 11.1. The van der Waals surface area contributed by atoms with Gasteiger partial charge in [-0.05, 0) is 12.1 Å². The van der Waals surface area contributed by atoms with Crippen molar-refractivity contribution < 1.29 is 26.4 Å². The van der Waals surface area contributed by atoms with E-state index in [1.807, 2.05) is 0 Å². The molecule has 1 amide bonds. The van der Waals surface area contributed by atoms with Gasteiger partial charge < -0.3 is 0 Å². The van der Waals surface area contributed by atoms with E-state index >= 15 is 0 Å². The van der Waals surface area contributed by atoms with Crippen LogP contribution in [0.2, 0.25) is 0 Å². The van der Waals surface area contributed by atoms with E-state index in [2.05, 4.69) is 0 Å². The lowest BCUT2D eigenvalue weighted by Crippen LogP contribution is -2.40. The highest BCUT2D eigenvalue weighted by Crippen LogP contribution is 2.21. The summed E-state index contributed by atoms with van der Waals surface area (Å²) in [6.07, 6.45) is 0. The van der Waals surface area contributed by atoms with Crippen molar-refractivity contribution in [2.24, 2.45) is 0 Å². The number of sulfonamides is 1. The standard InChI is InChI=1S/C8H6F3NO3S/c9-8(10,11)16(14,15)12-7(13)6-4-2-1-3-5-6/h1-5H,(H,12,13). The van der Waals surface area contributed by atoms with Gasteiger partial charge in [-0.2, -0.15) is 21.6 Å². The molecule has 0 heterocycles. The summed E-state index contributed by atoms with van der Waals surface area (Å²) in [6, 6.07) is 6.72. The Morgan fingerprint density at radius 2 is 1.62 bits per heavy atom. The summed E-state index contributed by atoms with van der Waals surface area (Å²) in [5.41, 5.74) is -5.67. The van der Waals surface area contributed by atoms with Crippen molar-refractivity contribution in [3.05, 3.63) is 35.9 Å². The first-order valence-electron chi connectivity index (χ1n) is 3.92. The van der Waals surface area contributed by atoms with Crippen molar-refractivity contribution in [2.45, 2.75) is 5.51 Å². The molecule has 1 N–H and O–H groups in total. The van der Waals surface area contributed by atoms with E-state index in [1.165, 1.54) is 30.3 Å². The molecule has 0 aromatic heterocycles. The Morgan fingerprint density at radius 3 is 2.06 bits per heavy atom. The van der Waals surface area contributed by atoms with E-state index in [4.69, 9.17) is 0 Å². The van der Waals surface area contributed by atoms with Crippen LogP contribution in [-0.2, 0) is 10.0 Å². The van der Waals surface area contributed by atoms with E-state index < -0.39 is 21.4 Å². The van der Waals surface area contributed by atoms with Crippen LogP contribution in [0.1, 0.15) is 10.4 Å². The molecule has 1 rings (SSSR count). The second-order valence-corrected chi connectivity index (χ2v) is 4.42. The molecule has 0 bridgehead atoms. The molecular formula is C8H6F3NO3S. The number of carbonyl (C=O) groups excluding carboxylic acids is 1. The molecule has 0 saturated carbocycles. The van der Waals surface area contributed by atoms with Crippen LogP contribution in [0.15, 0.2) is 30.3 Å². The molecule has 0 radical (unpaired) electrons. The van der Waals surface area contributed by atoms with Crippen LogP contribution < -0.4 is 4.72 Å². The third-order valence-corrected chi connectivity index (χ3v) is 2.63. The van der Waals surface area contributed by atoms with Crippen LogP contribution in [0.3, 0.4) is 0 Å². The van der Waals surface area contributed by atoms with E-state index in [0.29, 0.717) is 0 Å². The van der Waals surface area contributed by atoms with Gasteiger partial charge in [0, 0.05) is 5.56 Å². The van der Waals surface area contributed by atoms with Crippen LogP contribution in [0.4, 0.5) is 13.2 Å². The zero-order chi connectivity index (χ0) is 12.4. The first kappa shape index (κ1) is 12.5. The number of hydrogen-bond acceptors (Lipinski definition) is 3. The highest BCUT2D eigenvalue weighted by molar-refractivity contribution is 7.90. The topological polar surface area (TPSA) is 63.2 Å². The Hall–Kier alpha value is -1.57. The Kier molecular flexibility index (Phi) is 3.22. The minimum atomic E-state index is -5.64. The fraction of sp³-hybridized carbons (Fsp3) is 0.125. The Labute approximate surface area is 89.1 Å². The lowest BCUT2D eigenvalue weighted by Gasteiger charge is -2.08. The third-order valence-electron chi connectivity index (χ3n) is 1.57. The SMILES string of the molecule is O=C(NS(=O)(=O)C(F)(F)F)c1ccccc1. The maximum Gasteiger partial charge on any atom is 0.516 e. The molecule has 0 spiro atoms. The van der Waals surface area contributed by atoms with E-state index in [9.17, 15) is 26.4 Å². The number of rotatable bonds is 2. The summed E-state index contributed by atoms with van der Waals surface area (Å²) < 4.78 is 57.8. The van der Waals surface area contributed by atoms with Crippen molar-refractivity contribution in [1.82, 2.24) is 4.72 Å². The predicted molar refractivity (Wildman–Crippen MR) is 48.9 cm³/mol. The van der Waals surface area contributed by atoms with Crippen molar-refractivity contribution in [1.29, 1.82) is 0 Å². The number of halogens is 3. The molecule has 8 heteroatoms. The lowest BCUT2D eigenvalue weighted by atomic mass is 10.2. The number of alkyl halides is 3. The summed E-state index contributed by atoms with van der Waals surface area (Å²) in [7, 11) is -5.64. The van der Waals surface area contributed by atoms with Gasteiger partial charge in [0.05, 0.1) is 0 Å². The lowest BCUT2D eigenvalue weighted by molar-refractivity contribution is -0.0446. The summed E-state index contributed by atoms with van der Waals surface area (Å²) in [5.74, 6) is -1.32. The predicted octanol–water partition coefficient (Wildman–Crippen LogP) is 1.27. The molecule has 0 aliphatic carbocycles. The quantitative estimate of drug-likeness (QED) is 0.863. The first-order chi connectivity index (χ1) is 7.24. The van der Waals surface area contributed by atoms with Crippen molar-refractivity contribution >= 4 is 15.9 Å². The highest BCUT2D eigenvalue weighted by Gasteiger charge is 2.47.